The summed E-state index contributed by atoms with van der Waals surface area (Å²) >= 11 is 0. The number of aryl methyl sites for hydroxylation is 1. The number of ether oxygens (including phenoxy) is 1. The smallest absolute Gasteiger partial charge is 0.251 e. The molecule has 3 heterocycles. The molecule has 1 saturated heterocycles. The first-order valence-corrected chi connectivity index (χ1v) is 12.8. The molecule has 0 spiro atoms. The average molecular weight is 480 g/mol. The second kappa shape index (κ2) is 9.66. The van der Waals surface area contributed by atoms with Crippen LogP contribution in [0.5, 0.6) is 0 Å². The predicted molar refractivity (Wildman–Crippen MR) is 137 cm³/mol. The normalized spacial score (nSPS) is 21.2. The topological polar surface area (TPSA) is 91.7 Å². The summed E-state index contributed by atoms with van der Waals surface area (Å²) in [5.74, 6) is 0.288. The van der Waals surface area contributed by atoms with Gasteiger partial charge in [-0.3, -0.25) is 9.48 Å². The Kier molecular flexibility index (Phi) is 6.59. The maximum absolute atomic E-state index is 13.7. The van der Waals surface area contributed by atoms with E-state index < -0.39 is 6.23 Å². The van der Waals surface area contributed by atoms with Crippen LogP contribution in [0.2, 0.25) is 0 Å². The second-order valence-electron chi connectivity index (χ2n) is 10.1. The van der Waals surface area contributed by atoms with Crippen LogP contribution in [0.25, 0.3) is 10.9 Å². The van der Waals surface area contributed by atoms with E-state index in [-0.39, 0.29) is 5.91 Å². The maximum Gasteiger partial charge on any atom is 0.251 e. The highest BCUT2D eigenvalue weighted by Gasteiger charge is 2.36. The summed E-state index contributed by atoms with van der Waals surface area (Å²) < 4.78 is 7.51. The number of carbonyl (C=O) groups excluding carboxylic acids is 1. The lowest BCUT2D eigenvalue weighted by atomic mass is 9.94. The molecule has 3 N–H and O–H groups in total. The van der Waals surface area contributed by atoms with E-state index in [1.165, 1.54) is 5.69 Å². The molecule has 5 rings (SSSR count). The maximum atomic E-state index is 13.7. The van der Waals surface area contributed by atoms with Crippen molar-refractivity contribution in [2.24, 2.45) is 7.05 Å². The van der Waals surface area contributed by atoms with Crippen LogP contribution < -0.4 is 15.5 Å². The van der Waals surface area contributed by atoms with Gasteiger partial charge in [-0.05, 0) is 75.7 Å². The van der Waals surface area contributed by atoms with Gasteiger partial charge in [0.2, 0.25) is 0 Å². The van der Waals surface area contributed by atoms with Crippen molar-refractivity contribution in [3.8, 4) is 0 Å². The standard InChI is InChI=1S/C27H37N5O3/c1-5-32(19-8-10-35-11-9-19)25-22-15-29-31(4)23(22)13-20(24(25)18-6-7-18)26(33)28-14-21-16(2)12-17(3)30-27(21)34/h12-13,15,18-19,27,30,34H,5-11,14H2,1-4H3,(H,28,33). The van der Waals surface area contributed by atoms with E-state index in [4.69, 9.17) is 4.74 Å². The zero-order chi connectivity index (χ0) is 24.7. The lowest BCUT2D eigenvalue weighted by Gasteiger charge is -2.37. The quantitative estimate of drug-likeness (QED) is 0.564. The van der Waals surface area contributed by atoms with Crippen LogP contribution in [-0.2, 0) is 11.8 Å². The Morgan fingerprint density at radius 3 is 2.69 bits per heavy atom. The third-order valence-electron chi connectivity index (χ3n) is 7.63. The van der Waals surface area contributed by atoms with Crippen molar-refractivity contribution >= 4 is 22.5 Å². The van der Waals surface area contributed by atoms with Gasteiger partial charge >= 0.3 is 0 Å². The third-order valence-corrected chi connectivity index (χ3v) is 7.63. The molecule has 1 saturated carbocycles. The molecule has 2 aliphatic heterocycles. The minimum atomic E-state index is -0.789. The summed E-state index contributed by atoms with van der Waals surface area (Å²) in [7, 11) is 1.93. The molecular formula is C27H37N5O3. The summed E-state index contributed by atoms with van der Waals surface area (Å²) in [6.45, 7) is 8.80. The summed E-state index contributed by atoms with van der Waals surface area (Å²) in [5, 5.41) is 22.3. The zero-order valence-electron chi connectivity index (χ0n) is 21.2. The van der Waals surface area contributed by atoms with Crippen LogP contribution in [0.15, 0.2) is 35.2 Å². The van der Waals surface area contributed by atoms with E-state index in [9.17, 15) is 9.90 Å². The lowest BCUT2D eigenvalue weighted by molar-refractivity contribution is 0.0846. The van der Waals surface area contributed by atoms with Gasteiger partial charge in [-0.2, -0.15) is 5.10 Å². The Morgan fingerprint density at radius 1 is 1.29 bits per heavy atom. The molecule has 1 aromatic carbocycles. The SMILES string of the molecule is CCN(c1c(C2CC2)c(C(=O)NCC2=C(C)C=C(C)NC2O)cc2c1cnn2C)C1CCOCC1. The second-order valence-corrected chi connectivity index (χ2v) is 10.1. The van der Waals surface area contributed by atoms with E-state index in [0.717, 1.165) is 84.3 Å². The predicted octanol–water partition coefficient (Wildman–Crippen LogP) is 3.33. The Morgan fingerprint density at radius 2 is 2.03 bits per heavy atom. The third kappa shape index (κ3) is 4.57. The monoisotopic (exact) mass is 479 g/mol. The number of dihydropyridines is 1. The van der Waals surface area contributed by atoms with Crippen molar-refractivity contribution < 1.29 is 14.6 Å². The number of aromatic nitrogens is 2. The highest BCUT2D eigenvalue weighted by molar-refractivity contribution is 6.05. The summed E-state index contributed by atoms with van der Waals surface area (Å²) in [4.78, 5) is 16.2. The molecule has 1 aromatic heterocycles. The molecule has 2 aromatic rings. The Bertz CT molecular complexity index is 1190. The van der Waals surface area contributed by atoms with E-state index in [2.05, 4.69) is 27.6 Å². The fraction of sp³-hybridized carbons (Fsp3) is 0.556. The van der Waals surface area contributed by atoms with E-state index in [1.54, 1.807) is 0 Å². The number of amides is 1. The highest BCUT2D eigenvalue weighted by Crippen LogP contribution is 2.49. The number of anilines is 1. The van der Waals surface area contributed by atoms with Crippen molar-refractivity contribution in [3.05, 3.63) is 46.3 Å². The van der Waals surface area contributed by atoms with Crippen molar-refractivity contribution in [2.45, 2.75) is 64.6 Å². The van der Waals surface area contributed by atoms with Gasteiger partial charge in [0.15, 0.2) is 0 Å². The number of rotatable bonds is 7. The molecule has 1 amide bonds. The Hall–Kier alpha value is -2.84. The number of aliphatic hydroxyl groups is 1. The minimum Gasteiger partial charge on any atom is -0.381 e. The lowest BCUT2D eigenvalue weighted by Crippen LogP contribution is -2.41. The van der Waals surface area contributed by atoms with Crippen LogP contribution in [0.1, 0.15) is 68.3 Å². The van der Waals surface area contributed by atoms with E-state index in [1.807, 2.05) is 43.9 Å². The van der Waals surface area contributed by atoms with Gasteiger partial charge in [0, 0.05) is 61.6 Å². The van der Waals surface area contributed by atoms with Crippen LogP contribution in [-0.4, -0.2) is 59.4 Å². The van der Waals surface area contributed by atoms with Gasteiger partial charge in [-0.25, -0.2) is 0 Å². The number of aliphatic hydroxyl groups excluding tert-OH is 1. The fourth-order valence-corrected chi connectivity index (χ4v) is 5.65. The van der Waals surface area contributed by atoms with Gasteiger partial charge in [0.05, 0.1) is 17.4 Å². The molecule has 35 heavy (non-hydrogen) atoms. The summed E-state index contributed by atoms with van der Waals surface area (Å²) in [5.41, 5.74) is 6.71. The van der Waals surface area contributed by atoms with Crippen LogP contribution >= 0.6 is 0 Å². The molecule has 3 aliphatic rings. The molecule has 0 radical (unpaired) electrons. The van der Waals surface area contributed by atoms with Crippen LogP contribution in [0, 0.1) is 0 Å². The first-order chi connectivity index (χ1) is 16.9. The summed E-state index contributed by atoms with van der Waals surface area (Å²) in [6, 6.07) is 2.40. The van der Waals surface area contributed by atoms with Crippen molar-refractivity contribution in [1.82, 2.24) is 20.4 Å². The number of fused-ring (bicyclic) bond motifs is 1. The van der Waals surface area contributed by atoms with Gasteiger partial charge < -0.3 is 25.4 Å². The summed E-state index contributed by atoms with van der Waals surface area (Å²) in [6.07, 6.45) is 7.33. The Balaban J connectivity index is 1.55. The highest BCUT2D eigenvalue weighted by atomic mass is 16.5. The molecule has 2 fully saturated rings. The van der Waals surface area contributed by atoms with E-state index in [0.29, 0.717) is 18.5 Å². The number of hydrogen-bond acceptors (Lipinski definition) is 6. The van der Waals surface area contributed by atoms with Crippen LogP contribution in [0.3, 0.4) is 0 Å². The number of carbonyl (C=O) groups is 1. The van der Waals surface area contributed by atoms with Crippen molar-refractivity contribution in [3.63, 3.8) is 0 Å². The first kappa shape index (κ1) is 23.9. The van der Waals surface area contributed by atoms with E-state index >= 15 is 0 Å². The number of nitrogens with one attached hydrogen (secondary N) is 2. The molecule has 1 atom stereocenters. The number of hydrogen-bond donors (Lipinski definition) is 3. The molecule has 8 nitrogen and oxygen atoms in total. The molecule has 1 aliphatic carbocycles. The van der Waals surface area contributed by atoms with Gasteiger partial charge in [-0.1, -0.05) is 0 Å². The molecule has 0 bridgehead atoms. The molecule has 188 valence electrons. The number of allylic oxidation sites excluding steroid dienone is 3. The van der Waals surface area contributed by atoms with Gasteiger partial charge in [0.25, 0.3) is 5.91 Å². The minimum absolute atomic E-state index is 0.0990. The number of benzene rings is 1. The van der Waals surface area contributed by atoms with Crippen molar-refractivity contribution in [1.29, 1.82) is 0 Å². The van der Waals surface area contributed by atoms with Gasteiger partial charge in [-0.15, -0.1) is 0 Å². The molecule has 1 unspecified atom stereocenters. The Labute approximate surface area is 207 Å². The average Bonchev–Trinajstić information content (AvgIpc) is 3.61. The van der Waals surface area contributed by atoms with Crippen LogP contribution in [0.4, 0.5) is 5.69 Å². The zero-order valence-corrected chi connectivity index (χ0v) is 21.2. The van der Waals surface area contributed by atoms with Gasteiger partial charge in [0.1, 0.15) is 6.23 Å². The molecule has 8 heteroatoms. The largest absolute Gasteiger partial charge is 0.381 e. The van der Waals surface area contributed by atoms with Crippen molar-refractivity contribution in [2.75, 3.05) is 31.2 Å². The number of nitrogens with zero attached hydrogens (tertiary/aromatic N) is 3. The fourth-order valence-electron chi connectivity index (χ4n) is 5.65. The molecular weight excluding hydrogens is 442 g/mol. The first-order valence-electron chi connectivity index (χ1n) is 12.8.